The van der Waals surface area contributed by atoms with E-state index in [1.165, 1.54) is 0 Å². The second-order valence-corrected chi connectivity index (χ2v) is 6.35. The first-order valence-electron chi connectivity index (χ1n) is 7.34. The van der Waals surface area contributed by atoms with E-state index in [0.29, 0.717) is 5.92 Å². The van der Waals surface area contributed by atoms with E-state index < -0.39 is 5.60 Å². The van der Waals surface area contributed by atoms with Crippen molar-refractivity contribution in [3.8, 4) is 0 Å². The van der Waals surface area contributed by atoms with Gasteiger partial charge in [-0.05, 0) is 52.2 Å². The van der Waals surface area contributed by atoms with Gasteiger partial charge in [0, 0.05) is 30.9 Å². The molecule has 0 bridgehead atoms. The van der Waals surface area contributed by atoms with Crippen LogP contribution >= 0.6 is 0 Å². The molecule has 1 aromatic heterocycles. The second-order valence-electron chi connectivity index (χ2n) is 6.35. The van der Waals surface area contributed by atoms with Crippen LogP contribution < -0.4 is 0 Å². The third kappa shape index (κ3) is 4.22. The molecule has 1 amide bonds. The van der Waals surface area contributed by atoms with Crippen LogP contribution in [0.25, 0.3) is 0 Å². The maximum atomic E-state index is 12.1. The average Bonchev–Trinajstić information content (AvgIpc) is 2.63. The molecule has 1 saturated heterocycles. The average molecular weight is 276 g/mol. The van der Waals surface area contributed by atoms with Gasteiger partial charge in [-0.2, -0.15) is 0 Å². The fourth-order valence-electron chi connectivity index (χ4n) is 2.52. The van der Waals surface area contributed by atoms with E-state index in [-0.39, 0.29) is 6.09 Å². The molecule has 110 valence electrons. The lowest BCUT2D eigenvalue weighted by molar-refractivity contribution is 0.0256. The summed E-state index contributed by atoms with van der Waals surface area (Å²) in [6.07, 6.45) is 4.68. The van der Waals surface area contributed by atoms with Crippen LogP contribution in [0.3, 0.4) is 0 Å². The summed E-state index contributed by atoms with van der Waals surface area (Å²) < 4.78 is 5.45. The van der Waals surface area contributed by atoms with Crippen LogP contribution in [0.5, 0.6) is 0 Å². The Kier molecular flexibility index (Phi) is 4.63. The molecule has 0 saturated carbocycles. The number of carbonyl (C=O) groups is 1. The Hall–Kier alpha value is -1.58. The first kappa shape index (κ1) is 14.8. The molecule has 1 fully saturated rings. The first-order chi connectivity index (χ1) is 9.46. The maximum Gasteiger partial charge on any atom is 0.410 e. The van der Waals surface area contributed by atoms with Gasteiger partial charge in [-0.3, -0.25) is 4.98 Å². The minimum Gasteiger partial charge on any atom is -0.444 e. The van der Waals surface area contributed by atoms with Gasteiger partial charge in [0.05, 0.1) is 0 Å². The minimum absolute atomic E-state index is 0.195. The van der Waals surface area contributed by atoms with Crippen LogP contribution in [-0.4, -0.2) is 34.7 Å². The zero-order valence-electron chi connectivity index (χ0n) is 12.6. The van der Waals surface area contributed by atoms with Crippen molar-refractivity contribution in [3.63, 3.8) is 0 Å². The minimum atomic E-state index is -0.427. The van der Waals surface area contributed by atoms with Gasteiger partial charge in [0.2, 0.25) is 0 Å². The lowest BCUT2D eigenvalue weighted by Gasteiger charge is -2.26. The predicted molar refractivity (Wildman–Crippen MR) is 78.6 cm³/mol. The third-order valence-electron chi connectivity index (χ3n) is 3.49. The molecular weight excluding hydrogens is 252 g/mol. The van der Waals surface area contributed by atoms with Crippen molar-refractivity contribution in [2.75, 3.05) is 13.1 Å². The predicted octanol–water partition coefficient (Wildman–Crippen LogP) is 3.59. The summed E-state index contributed by atoms with van der Waals surface area (Å²) in [6, 6.07) is 6.04. The van der Waals surface area contributed by atoms with E-state index in [1.54, 1.807) is 0 Å². The van der Waals surface area contributed by atoms with Crippen LogP contribution in [0.4, 0.5) is 4.79 Å². The molecule has 1 aliphatic rings. The number of pyridine rings is 1. The van der Waals surface area contributed by atoms with E-state index in [2.05, 4.69) is 11.1 Å². The van der Waals surface area contributed by atoms with Crippen LogP contribution in [-0.2, 0) is 4.74 Å². The molecule has 4 nitrogen and oxygen atoms in total. The van der Waals surface area contributed by atoms with E-state index in [9.17, 15) is 4.79 Å². The van der Waals surface area contributed by atoms with Crippen molar-refractivity contribution >= 4 is 6.09 Å². The maximum absolute atomic E-state index is 12.1. The lowest BCUT2D eigenvalue weighted by atomic mass is 9.96. The van der Waals surface area contributed by atoms with Gasteiger partial charge < -0.3 is 9.64 Å². The molecule has 0 aromatic carbocycles. The fourth-order valence-corrected chi connectivity index (χ4v) is 2.52. The summed E-state index contributed by atoms with van der Waals surface area (Å²) in [7, 11) is 0. The van der Waals surface area contributed by atoms with Gasteiger partial charge in [0.15, 0.2) is 0 Å². The second kappa shape index (κ2) is 6.25. The Morgan fingerprint density at radius 2 is 2.10 bits per heavy atom. The van der Waals surface area contributed by atoms with Crippen molar-refractivity contribution in [1.82, 2.24) is 9.88 Å². The van der Waals surface area contributed by atoms with Gasteiger partial charge in [0.1, 0.15) is 5.60 Å². The molecule has 0 spiro atoms. The number of nitrogens with zero attached hydrogens (tertiary/aromatic N) is 2. The van der Waals surface area contributed by atoms with Crippen molar-refractivity contribution in [3.05, 3.63) is 30.1 Å². The highest BCUT2D eigenvalue weighted by Crippen LogP contribution is 2.27. The number of carbonyl (C=O) groups excluding carboxylic acids is 1. The molecule has 1 unspecified atom stereocenters. The van der Waals surface area contributed by atoms with Gasteiger partial charge in [0.25, 0.3) is 0 Å². The Labute approximate surface area is 121 Å². The zero-order valence-corrected chi connectivity index (χ0v) is 12.6. The van der Waals surface area contributed by atoms with Crippen LogP contribution in [0.2, 0.25) is 0 Å². The van der Waals surface area contributed by atoms with E-state index in [1.807, 2.05) is 44.0 Å². The Balaban J connectivity index is 1.94. The summed E-state index contributed by atoms with van der Waals surface area (Å²) in [6.45, 7) is 7.23. The molecule has 1 aliphatic heterocycles. The van der Waals surface area contributed by atoms with Crippen molar-refractivity contribution in [1.29, 1.82) is 0 Å². The molecule has 0 aliphatic carbocycles. The van der Waals surface area contributed by atoms with E-state index in [0.717, 1.165) is 38.0 Å². The highest BCUT2D eigenvalue weighted by Gasteiger charge is 2.25. The normalized spacial score (nSPS) is 20.4. The standard InChI is InChI=1S/C16H24N2O2/c1-16(2,3)20-15(19)18-11-6-7-13(9-12-18)14-8-4-5-10-17-14/h4-5,8,10,13H,6-7,9,11-12H2,1-3H3. The van der Waals surface area contributed by atoms with Crippen LogP contribution in [0.1, 0.15) is 51.6 Å². The Morgan fingerprint density at radius 3 is 2.75 bits per heavy atom. The number of rotatable bonds is 1. The van der Waals surface area contributed by atoms with Crippen molar-refractivity contribution in [2.24, 2.45) is 0 Å². The van der Waals surface area contributed by atoms with Gasteiger partial charge in [-0.25, -0.2) is 4.79 Å². The molecular formula is C16H24N2O2. The lowest BCUT2D eigenvalue weighted by Crippen LogP contribution is -2.37. The van der Waals surface area contributed by atoms with Crippen LogP contribution in [0.15, 0.2) is 24.4 Å². The van der Waals surface area contributed by atoms with Gasteiger partial charge in [-0.15, -0.1) is 0 Å². The molecule has 20 heavy (non-hydrogen) atoms. The number of amides is 1. The monoisotopic (exact) mass is 276 g/mol. The Morgan fingerprint density at radius 1 is 1.30 bits per heavy atom. The molecule has 1 aromatic rings. The molecule has 2 heterocycles. The quantitative estimate of drug-likeness (QED) is 0.787. The number of ether oxygens (including phenoxy) is 1. The van der Waals surface area contributed by atoms with E-state index in [4.69, 9.17) is 4.74 Å². The summed E-state index contributed by atoms with van der Waals surface area (Å²) in [5, 5.41) is 0. The van der Waals surface area contributed by atoms with Crippen LogP contribution in [0, 0.1) is 0 Å². The summed E-state index contributed by atoms with van der Waals surface area (Å²) in [5.74, 6) is 0.448. The number of aromatic nitrogens is 1. The van der Waals surface area contributed by atoms with E-state index >= 15 is 0 Å². The summed E-state index contributed by atoms with van der Waals surface area (Å²) in [4.78, 5) is 18.4. The number of hydrogen-bond acceptors (Lipinski definition) is 3. The number of hydrogen-bond donors (Lipinski definition) is 0. The van der Waals surface area contributed by atoms with Gasteiger partial charge >= 0.3 is 6.09 Å². The SMILES string of the molecule is CC(C)(C)OC(=O)N1CCCC(c2ccccn2)CC1. The largest absolute Gasteiger partial charge is 0.444 e. The van der Waals surface area contributed by atoms with Crippen molar-refractivity contribution in [2.45, 2.75) is 51.6 Å². The fraction of sp³-hybridized carbons (Fsp3) is 0.625. The molecule has 0 N–H and O–H groups in total. The third-order valence-corrected chi connectivity index (χ3v) is 3.49. The zero-order chi connectivity index (χ0) is 14.6. The summed E-state index contributed by atoms with van der Waals surface area (Å²) in [5.41, 5.74) is 0.711. The Bertz CT molecular complexity index is 440. The topological polar surface area (TPSA) is 42.4 Å². The number of likely N-dealkylation sites (tertiary alicyclic amines) is 1. The molecule has 4 heteroatoms. The highest BCUT2D eigenvalue weighted by molar-refractivity contribution is 5.68. The summed E-state index contributed by atoms with van der Waals surface area (Å²) >= 11 is 0. The molecule has 1 atom stereocenters. The van der Waals surface area contributed by atoms with Gasteiger partial charge in [-0.1, -0.05) is 6.07 Å². The molecule has 2 rings (SSSR count). The highest BCUT2D eigenvalue weighted by atomic mass is 16.6. The first-order valence-corrected chi connectivity index (χ1v) is 7.34. The molecule has 0 radical (unpaired) electrons. The smallest absolute Gasteiger partial charge is 0.410 e. The van der Waals surface area contributed by atoms with Crippen molar-refractivity contribution < 1.29 is 9.53 Å².